The molecule has 0 aromatic heterocycles. The second-order valence-corrected chi connectivity index (χ2v) is 14.2. The van der Waals surface area contributed by atoms with Gasteiger partial charge in [0.25, 0.3) is 0 Å². The van der Waals surface area contributed by atoms with Crippen LogP contribution in [-0.4, -0.2) is 95.7 Å². The van der Waals surface area contributed by atoms with Gasteiger partial charge in [0.15, 0.2) is 0 Å². The minimum atomic E-state index is -1.09. The third-order valence-electron chi connectivity index (χ3n) is 10.5. The van der Waals surface area contributed by atoms with Gasteiger partial charge in [0.1, 0.15) is 0 Å². The van der Waals surface area contributed by atoms with E-state index in [1.54, 1.807) is 0 Å². The molecule has 0 unspecified atom stereocenters. The Labute approximate surface area is 283 Å². The van der Waals surface area contributed by atoms with Crippen LogP contribution in [0.15, 0.2) is 0 Å². The molecule has 0 saturated heterocycles. The van der Waals surface area contributed by atoms with Crippen LogP contribution in [0.3, 0.4) is 0 Å². The van der Waals surface area contributed by atoms with E-state index in [1.165, 1.54) is 0 Å². The molecular formula is C38H78O8. The third-order valence-corrected chi connectivity index (χ3v) is 10.5. The fourth-order valence-corrected chi connectivity index (χ4v) is 7.24. The number of aliphatic hydroxyl groups is 6. The van der Waals surface area contributed by atoms with Gasteiger partial charge in [-0.1, -0.05) is 118 Å². The monoisotopic (exact) mass is 663 g/mol. The molecule has 8 nitrogen and oxygen atoms in total. The van der Waals surface area contributed by atoms with Gasteiger partial charge in [-0.15, -0.1) is 0 Å². The van der Waals surface area contributed by atoms with Gasteiger partial charge in [0, 0.05) is 13.2 Å². The molecule has 46 heavy (non-hydrogen) atoms. The Bertz CT molecular complexity index is 600. The summed E-state index contributed by atoms with van der Waals surface area (Å²) in [5.74, 6) is 0.350. The molecule has 0 fully saturated rings. The van der Waals surface area contributed by atoms with E-state index in [0.717, 1.165) is 128 Å². The standard InChI is InChI=1S/C38H78O8/c1-5-9-21-34(22-10-6-2)38(37(30-42,31-43)32-44,35(23-11-7-3)24-12-8-4)46-26-20-18-16-14-13-15-17-19-25-45-33-36(27-39,28-40)29-41/h34-35,39-44H,5-33H2,1-4H3. The summed E-state index contributed by atoms with van der Waals surface area (Å²) in [5.41, 5.74) is -2.82. The Kier molecular flexibility index (Phi) is 28.3. The molecular weight excluding hydrogens is 584 g/mol. The second kappa shape index (κ2) is 28.5. The normalized spacial score (nSPS) is 13.0. The molecule has 0 aliphatic carbocycles. The molecule has 8 heteroatoms. The molecule has 0 aliphatic heterocycles. The van der Waals surface area contributed by atoms with Gasteiger partial charge in [-0.25, -0.2) is 0 Å². The average molecular weight is 663 g/mol. The number of rotatable bonds is 35. The molecule has 0 rings (SSSR count). The predicted molar refractivity (Wildman–Crippen MR) is 189 cm³/mol. The van der Waals surface area contributed by atoms with Gasteiger partial charge in [0.2, 0.25) is 0 Å². The SMILES string of the molecule is CCCCC(CCCC)C(OCCCCCCCCCCOCC(CO)(CO)CO)(C(CCCC)CCCC)C(CO)(CO)CO. The Morgan fingerprint density at radius 3 is 1.11 bits per heavy atom. The van der Waals surface area contributed by atoms with Gasteiger partial charge < -0.3 is 40.1 Å². The van der Waals surface area contributed by atoms with E-state index in [4.69, 9.17) is 9.47 Å². The smallest absolute Gasteiger partial charge is 0.0860 e. The summed E-state index contributed by atoms with van der Waals surface area (Å²) in [6.45, 7) is 8.45. The largest absolute Gasteiger partial charge is 0.396 e. The summed E-state index contributed by atoms with van der Waals surface area (Å²) < 4.78 is 12.8. The molecule has 0 aliphatic rings. The molecule has 0 radical (unpaired) electrons. The second-order valence-electron chi connectivity index (χ2n) is 14.2. The number of hydrogen-bond donors (Lipinski definition) is 6. The maximum Gasteiger partial charge on any atom is 0.0860 e. The van der Waals surface area contributed by atoms with Crippen molar-refractivity contribution in [2.45, 2.75) is 162 Å². The maximum atomic E-state index is 10.9. The zero-order valence-corrected chi connectivity index (χ0v) is 30.7. The van der Waals surface area contributed by atoms with E-state index >= 15 is 0 Å². The highest BCUT2D eigenvalue weighted by Gasteiger charge is 2.59. The summed E-state index contributed by atoms with van der Waals surface area (Å²) in [6, 6.07) is 0. The zero-order chi connectivity index (χ0) is 34.6. The van der Waals surface area contributed by atoms with Crippen molar-refractivity contribution >= 4 is 0 Å². The van der Waals surface area contributed by atoms with E-state index in [-0.39, 0.29) is 58.1 Å². The minimum absolute atomic E-state index is 0.159. The molecule has 278 valence electrons. The van der Waals surface area contributed by atoms with Crippen LogP contribution in [0.4, 0.5) is 0 Å². The minimum Gasteiger partial charge on any atom is -0.396 e. The molecule has 0 aromatic carbocycles. The first kappa shape index (κ1) is 45.7. The molecule has 0 heterocycles. The van der Waals surface area contributed by atoms with Crippen LogP contribution in [0.1, 0.15) is 156 Å². The van der Waals surface area contributed by atoms with Gasteiger partial charge in [0.05, 0.1) is 62.7 Å². The Hall–Kier alpha value is -0.320. The molecule has 0 atom stereocenters. The van der Waals surface area contributed by atoms with Crippen molar-refractivity contribution in [1.82, 2.24) is 0 Å². The van der Waals surface area contributed by atoms with Crippen LogP contribution < -0.4 is 0 Å². The molecule has 0 bridgehead atoms. The van der Waals surface area contributed by atoms with Crippen molar-refractivity contribution in [2.24, 2.45) is 22.7 Å². The van der Waals surface area contributed by atoms with Crippen LogP contribution in [-0.2, 0) is 9.47 Å². The lowest BCUT2D eigenvalue weighted by atomic mass is 9.56. The molecule has 0 saturated carbocycles. The van der Waals surface area contributed by atoms with Gasteiger partial charge in [-0.2, -0.15) is 0 Å². The summed E-state index contributed by atoms with van der Waals surface area (Å²) in [7, 11) is 0. The van der Waals surface area contributed by atoms with Crippen LogP contribution in [0, 0.1) is 22.7 Å². The Morgan fingerprint density at radius 1 is 0.435 bits per heavy atom. The van der Waals surface area contributed by atoms with Gasteiger partial charge >= 0.3 is 0 Å². The predicted octanol–water partition coefficient (Wildman–Crippen LogP) is 6.80. The lowest BCUT2D eigenvalue weighted by molar-refractivity contribution is -0.245. The van der Waals surface area contributed by atoms with Gasteiger partial charge in [-0.3, -0.25) is 0 Å². The van der Waals surface area contributed by atoms with Crippen molar-refractivity contribution in [1.29, 1.82) is 0 Å². The Morgan fingerprint density at radius 2 is 0.783 bits per heavy atom. The van der Waals surface area contributed by atoms with E-state index in [9.17, 15) is 30.6 Å². The lowest BCUT2D eigenvalue weighted by Gasteiger charge is -2.57. The van der Waals surface area contributed by atoms with Gasteiger partial charge in [-0.05, 0) is 50.4 Å². The number of hydrogen-bond acceptors (Lipinski definition) is 8. The van der Waals surface area contributed by atoms with Crippen LogP contribution in [0.5, 0.6) is 0 Å². The first-order chi connectivity index (χ1) is 22.4. The number of ether oxygens (including phenoxy) is 2. The summed E-state index contributed by atoms with van der Waals surface area (Å²) >= 11 is 0. The van der Waals surface area contributed by atoms with Crippen molar-refractivity contribution in [3.05, 3.63) is 0 Å². The molecule has 6 N–H and O–H groups in total. The van der Waals surface area contributed by atoms with E-state index < -0.39 is 16.4 Å². The molecule has 0 amide bonds. The van der Waals surface area contributed by atoms with E-state index in [0.29, 0.717) is 13.2 Å². The maximum absolute atomic E-state index is 10.9. The quantitative estimate of drug-likeness (QED) is 0.0408. The third kappa shape index (κ3) is 15.1. The number of unbranched alkanes of at least 4 members (excludes halogenated alkanes) is 11. The summed E-state index contributed by atoms with van der Waals surface area (Å²) in [4.78, 5) is 0. The van der Waals surface area contributed by atoms with Crippen LogP contribution >= 0.6 is 0 Å². The fourth-order valence-electron chi connectivity index (χ4n) is 7.24. The fraction of sp³-hybridized carbons (Fsp3) is 1.00. The first-order valence-corrected chi connectivity index (χ1v) is 19.2. The van der Waals surface area contributed by atoms with E-state index in [1.807, 2.05) is 0 Å². The van der Waals surface area contributed by atoms with Crippen LogP contribution in [0.2, 0.25) is 0 Å². The zero-order valence-electron chi connectivity index (χ0n) is 30.7. The highest BCUT2D eigenvalue weighted by Crippen LogP contribution is 2.52. The van der Waals surface area contributed by atoms with E-state index in [2.05, 4.69) is 27.7 Å². The molecule has 0 aromatic rings. The highest BCUT2D eigenvalue weighted by molar-refractivity contribution is 5.08. The lowest BCUT2D eigenvalue weighted by Crippen LogP contribution is -2.65. The Balaban J connectivity index is 5.41. The van der Waals surface area contributed by atoms with Crippen molar-refractivity contribution in [3.63, 3.8) is 0 Å². The topological polar surface area (TPSA) is 140 Å². The molecule has 0 spiro atoms. The average Bonchev–Trinajstić information content (AvgIpc) is 3.09. The first-order valence-electron chi connectivity index (χ1n) is 19.2. The highest BCUT2D eigenvalue weighted by atomic mass is 16.5. The van der Waals surface area contributed by atoms with Crippen molar-refractivity contribution in [3.8, 4) is 0 Å². The van der Waals surface area contributed by atoms with Crippen molar-refractivity contribution < 1.29 is 40.1 Å². The summed E-state index contributed by atoms with van der Waals surface area (Å²) in [5, 5.41) is 61.0. The van der Waals surface area contributed by atoms with Crippen LogP contribution in [0.25, 0.3) is 0 Å². The summed E-state index contributed by atoms with van der Waals surface area (Å²) in [6.07, 6.45) is 21.2. The van der Waals surface area contributed by atoms with Crippen molar-refractivity contribution in [2.75, 3.05) is 59.5 Å². The number of aliphatic hydroxyl groups excluding tert-OH is 6.